The largest absolute Gasteiger partial charge is 0.469 e. The summed E-state index contributed by atoms with van der Waals surface area (Å²) in [6.45, 7) is 1.32. The highest BCUT2D eigenvalue weighted by atomic mass is 19.1. The van der Waals surface area contributed by atoms with Gasteiger partial charge in [0.05, 0.1) is 24.3 Å². The monoisotopic (exact) mass is 338 g/mol. The highest BCUT2D eigenvalue weighted by molar-refractivity contribution is 5.75. The van der Waals surface area contributed by atoms with Gasteiger partial charge in [0, 0.05) is 18.7 Å². The molecule has 1 aliphatic heterocycles. The van der Waals surface area contributed by atoms with Crippen molar-refractivity contribution >= 4 is 11.7 Å². The molecule has 1 saturated heterocycles. The lowest BCUT2D eigenvalue weighted by Crippen LogP contribution is -2.37. The molecule has 0 amide bonds. The lowest BCUT2D eigenvalue weighted by atomic mass is 9.95. The third kappa shape index (κ3) is 3.48. The van der Waals surface area contributed by atoms with Gasteiger partial charge in [-0.05, 0) is 36.6 Å². The minimum absolute atomic E-state index is 0.0958. The van der Waals surface area contributed by atoms with Crippen LogP contribution in [0.5, 0.6) is 0 Å². The molecule has 0 spiro atoms. The number of rotatable bonds is 3. The summed E-state index contributed by atoms with van der Waals surface area (Å²) in [4.78, 5) is 13.8. The van der Waals surface area contributed by atoms with Gasteiger partial charge >= 0.3 is 5.97 Å². The van der Waals surface area contributed by atoms with Gasteiger partial charge in [-0.2, -0.15) is 5.26 Å². The van der Waals surface area contributed by atoms with Crippen LogP contribution in [0.3, 0.4) is 0 Å². The number of benzene rings is 2. The van der Waals surface area contributed by atoms with Gasteiger partial charge in [0.1, 0.15) is 11.9 Å². The summed E-state index contributed by atoms with van der Waals surface area (Å²) in [5.74, 6) is -0.565. The maximum absolute atomic E-state index is 14.1. The number of anilines is 1. The number of carbonyl (C=O) groups is 1. The summed E-state index contributed by atoms with van der Waals surface area (Å²) in [6.07, 6.45) is 1.36. The number of carbonyl (C=O) groups excluding carboxylic acids is 1. The Morgan fingerprint density at radius 3 is 2.60 bits per heavy atom. The average Bonchev–Trinajstić information content (AvgIpc) is 2.67. The third-order valence-corrected chi connectivity index (χ3v) is 4.67. The van der Waals surface area contributed by atoms with Crippen LogP contribution in [0.25, 0.3) is 11.1 Å². The predicted molar refractivity (Wildman–Crippen MR) is 93.5 cm³/mol. The van der Waals surface area contributed by atoms with Crippen LogP contribution in [0.4, 0.5) is 10.1 Å². The molecule has 0 bridgehead atoms. The topological polar surface area (TPSA) is 53.3 Å². The van der Waals surface area contributed by atoms with E-state index in [-0.39, 0.29) is 17.7 Å². The molecule has 1 heterocycles. The summed E-state index contributed by atoms with van der Waals surface area (Å²) in [5, 5.41) is 9.42. The Bertz CT molecular complexity index is 821. The SMILES string of the molecule is COC(=O)C1CCN(c2cc(-c3ccccc3F)ccc2C#N)CC1. The van der Waals surface area contributed by atoms with Gasteiger partial charge in [0.25, 0.3) is 0 Å². The molecule has 5 heteroatoms. The Kier molecular flexibility index (Phi) is 4.99. The highest BCUT2D eigenvalue weighted by Gasteiger charge is 2.26. The number of ether oxygens (including phenoxy) is 1. The van der Waals surface area contributed by atoms with E-state index in [0.717, 1.165) is 11.3 Å². The first-order chi connectivity index (χ1) is 12.1. The maximum atomic E-state index is 14.1. The molecule has 25 heavy (non-hydrogen) atoms. The van der Waals surface area contributed by atoms with Crippen molar-refractivity contribution in [1.82, 2.24) is 0 Å². The van der Waals surface area contributed by atoms with Crippen LogP contribution < -0.4 is 4.90 Å². The number of halogens is 1. The van der Waals surface area contributed by atoms with Crippen LogP contribution in [0, 0.1) is 23.1 Å². The molecule has 1 fully saturated rings. The molecule has 0 radical (unpaired) electrons. The highest BCUT2D eigenvalue weighted by Crippen LogP contribution is 2.32. The van der Waals surface area contributed by atoms with E-state index in [1.54, 1.807) is 30.3 Å². The standard InChI is InChI=1S/C20H19FN2O2/c1-25-20(24)14-8-10-23(11-9-14)19-12-15(6-7-16(19)13-22)17-4-2-3-5-18(17)21/h2-7,12,14H,8-11H2,1H3. The van der Waals surface area contributed by atoms with E-state index in [2.05, 4.69) is 11.0 Å². The zero-order valence-corrected chi connectivity index (χ0v) is 14.0. The quantitative estimate of drug-likeness (QED) is 0.800. The van der Waals surface area contributed by atoms with Crippen LogP contribution in [0.1, 0.15) is 18.4 Å². The average molecular weight is 338 g/mol. The molecule has 2 aromatic carbocycles. The lowest BCUT2D eigenvalue weighted by Gasteiger charge is -2.33. The Hall–Kier alpha value is -2.87. The first-order valence-corrected chi connectivity index (χ1v) is 8.26. The summed E-state index contributed by atoms with van der Waals surface area (Å²) < 4.78 is 18.9. The number of esters is 1. The van der Waals surface area contributed by atoms with E-state index >= 15 is 0 Å². The number of piperidine rings is 1. The molecule has 3 rings (SSSR count). The number of nitrogens with zero attached hydrogens (tertiary/aromatic N) is 2. The van der Waals surface area contributed by atoms with Crippen molar-refractivity contribution in [2.45, 2.75) is 12.8 Å². The minimum atomic E-state index is -0.289. The van der Waals surface area contributed by atoms with Crippen LogP contribution in [-0.4, -0.2) is 26.2 Å². The van der Waals surface area contributed by atoms with E-state index in [4.69, 9.17) is 4.74 Å². The Morgan fingerprint density at radius 2 is 1.96 bits per heavy atom. The lowest BCUT2D eigenvalue weighted by molar-refractivity contribution is -0.146. The Balaban J connectivity index is 1.89. The van der Waals surface area contributed by atoms with Crippen molar-refractivity contribution in [3.8, 4) is 17.2 Å². The van der Waals surface area contributed by atoms with E-state index in [9.17, 15) is 14.4 Å². The second-order valence-electron chi connectivity index (χ2n) is 6.11. The van der Waals surface area contributed by atoms with Crippen LogP contribution in [-0.2, 0) is 9.53 Å². The number of hydrogen-bond donors (Lipinski definition) is 0. The van der Waals surface area contributed by atoms with E-state index in [1.807, 2.05) is 6.07 Å². The molecule has 0 saturated carbocycles. The molecule has 0 aromatic heterocycles. The van der Waals surface area contributed by atoms with Crippen molar-refractivity contribution in [3.05, 3.63) is 53.8 Å². The van der Waals surface area contributed by atoms with Crippen molar-refractivity contribution in [2.24, 2.45) is 5.92 Å². The van der Waals surface area contributed by atoms with Crippen molar-refractivity contribution < 1.29 is 13.9 Å². The Labute approximate surface area is 146 Å². The molecule has 0 aliphatic carbocycles. The summed E-state index contributed by atoms with van der Waals surface area (Å²) in [6, 6.07) is 14.1. The number of hydrogen-bond acceptors (Lipinski definition) is 4. The first-order valence-electron chi connectivity index (χ1n) is 8.26. The molecule has 4 nitrogen and oxygen atoms in total. The van der Waals surface area contributed by atoms with E-state index < -0.39 is 0 Å². The van der Waals surface area contributed by atoms with Gasteiger partial charge in [0.2, 0.25) is 0 Å². The zero-order chi connectivity index (χ0) is 17.8. The second kappa shape index (κ2) is 7.35. The molecular weight excluding hydrogens is 319 g/mol. The fourth-order valence-electron chi connectivity index (χ4n) is 3.27. The molecular formula is C20H19FN2O2. The number of nitriles is 1. The fourth-order valence-corrected chi connectivity index (χ4v) is 3.27. The third-order valence-electron chi connectivity index (χ3n) is 4.67. The molecule has 2 aromatic rings. The van der Waals surface area contributed by atoms with Crippen LogP contribution in [0.2, 0.25) is 0 Å². The first kappa shape index (κ1) is 17.0. The van der Waals surface area contributed by atoms with Gasteiger partial charge < -0.3 is 9.64 Å². The van der Waals surface area contributed by atoms with Gasteiger partial charge in [-0.1, -0.05) is 24.3 Å². The van der Waals surface area contributed by atoms with Gasteiger partial charge in [-0.15, -0.1) is 0 Å². The van der Waals surface area contributed by atoms with Crippen LogP contribution in [0.15, 0.2) is 42.5 Å². The minimum Gasteiger partial charge on any atom is -0.469 e. The van der Waals surface area contributed by atoms with Gasteiger partial charge in [-0.25, -0.2) is 4.39 Å². The van der Waals surface area contributed by atoms with Crippen molar-refractivity contribution in [3.63, 3.8) is 0 Å². The van der Waals surface area contributed by atoms with Crippen molar-refractivity contribution in [1.29, 1.82) is 5.26 Å². The summed E-state index contributed by atoms with van der Waals surface area (Å²) in [5.41, 5.74) is 2.59. The predicted octanol–water partition coefficient (Wildman–Crippen LogP) is 3.75. The summed E-state index contributed by atoms with van der Waals surface area (Å²) >= 11 is 0. The van der Waals surface area contributed by atoms with Gasteiger partial charge in [0.15, 0.2) is 0 Å². The van der Waals surface area contributed by atoms with E-state index in [1.165, 1.54) is 13.2 Å². The Morgan fingerprint density at radius 1 is 1.24 bits per heavy atom. The van der Waals surface area contributed by atoms with Crippen molar-refractivity contribution in [2.75, 3.05) is 25.1 Å². The molecule has 0 unspecified atom stereocenters. The maximum Gasteiger partial charge on any atom is 0.308 e. The molecule has 128 valence electrons. The van der Waals surface area contributed by atoms with E-state index in [0.29, 0.717) is 37.1 Å². The smallest absolute Gasteiger partial charge is 0.308 e. The molecule has 0 N–H and O–H groups in total. The normalized spacial score (nSPS) is 14.8. The molecule has 0 atom stereocenters. The summed E-state index contributed by atoms with van der Waals surface area (Å²) in [7, 11) is 1.40. The van der Waals surface area contributed by atoms with Crippen LogP contribution >= 0.6 is 0 Å². The fraction of sp³-hybridized carbons (Fsp3) is 0.300. The number of methoxy groups -OCH3 is 1. The van der Waals surface area contributed by atoms with Gasteiger partial charge in [-0.3, -0.25) is 4.79 Å². The molecule has 1 aliphatic rings. The zero-order valence-electron chi connectivity index (χ0n) is 14.0. The second-order valence-corrected chi connectivity index (χ2v) is 6.11.